The van der Waals surface area contributed by atoms with E-state index in [-0.39, 0.29) is 18.5 Å². The van der Waals surface area contributed by atoms with Gasteiger partial charge in [0.15, 0.2) is 0 Å². The summed E-state index contributed by atoms with van der Waals surface area (Å²) >= 11 is 1.51. The van der Waals surface area contributed by atoms with Crippen LogP contribution in [0.1, 0.15) is 36.5 Å². The average Bonchev–Trinajstić information content (AvgIpc) is 2.75. The van der Waals surface area contributed by atoms with Crippen molar-refractivity contribution >= 4 is 23.3 Å². The van der Waals surface area contributed by atoms with Gasteiger partial charge in [0.25, 0.3) is 0 Å². The van der Waals surface area contributed by atoms with Gasteiger partial charge in [0.05, 0.1) is 6.04 Å². The fourth-order valence-electron chi connectivity index (χ4n) is 1.50. The predicted molar refractivity (Wildman–Crippen MR) is 73.3 cm³/mol. The molecule has 106 valence electrons. The monoisotopic (exact) mass is 285 g/mol. The lowest BCUT2D eigenvalue weighted by atomic mass is 10.3. The third kappa shape index (κ3) is 5.25. The van der Waals surface area contributed by atoms with E-state index in [4.69, 9.17) is 5.11 Å². The Balaban J connectivity index is 2.39. The zero-order valence-electron chi connectivity index (χ0n) is 11.3. The van der Waals surface area contributed by atoms with E-state index >= 15 is 0 Å². The SMILES string of the molecule is Cc1csc(C(C)NC(=O)N(C)CCCC(=O)O)n1. The van der Waals surface area contributed by atoms with Crippen molar-refractivity contribution in [2.45, 2.75) is 32.7 Å². The minimum Gasteiger partial charge on any atom is -0.481 e. The highest BCUT2D eigenvalue weighted by Gasteiger charge is 2.15. The number of carboxylic acid groups (broad SMARTS) is 1. The van der Waals surface area contributed by atoms with E-state index in [1.54, 1.807) is 7.05 Å². The molecule has 0 bridgehead atoms. The lowest BCUT2D eigenvalue weighted by Gasteiger charge is -2.20. The highest BCUT2D eigenvalue weighted by molar-refractivity contribution is 7.09. The smallest absolute Gasteiger partial charge is 0.317 e. The van der Waals surface area contributed by atoms with Crippen LogP contribution in [0.25, 0.3) is 0 Å². The Bertz CT molecular complexity index is 447. The minimum absolute atomic E-state index is 0.0683. The molecule has 2 amide bonds. The number of aliphatic carboxylic acids is 1. The number of aromatic nitrogens is 1. The van der Waals surface area contributed by atoms with Gasteiger partial charge in [0.2, 0.25) is 0 Å². The van der Waals surface area contributed by atoms with Crippen LogP contribution < -0.4 is 5.32 Å². The zero-order valence-corrected chi connectivity index (χ0v) is 12.2. The first-order chi connectivity index (χ1) is 8.90. The highest BCUT2D eigenvalue weighted by Crippen LogP contribution is 2.17. The Labute approximate surface area is 116 Å². The van der Waals surface area contributed by atoms with Crippen molar-refractivity contribution in [3.05, 3.63) is 16.1 Å². The van der Waals surface area contributed by atoms with Crippen LogP contribution in [0.5, 0.6) is 0 Å². The van der Waals surface area contributed by atoms with E-state index in [9.17, 15) is 9.59 Å². The quantitative estimate of drug-likeness (QED) is 0.837. The van der Waals surface area contributed by atoms with Gasteiger partial charge in [-0.1, -0.05) is 0 Å². The van der Waals surface area contributed by atoms with Gasteiger partial charge in [-0.3, -0.25) is 4.79 Å². The van der Waals surface area contributed by atoms with E-state index in [0.29, 0.717) is 13.0 Å². The molecule has 1 heterocycles. The van der Waals surface area contributed by atoms with Gasteiger partial charge >= 0.3 is 12.0 Å². The molecule has 6 nitrogen and oxygen atoms in total. The number of hydrogen-bond acceptors (Lipinski definition) is 4. The topological polar surface area (TPSA) is 82.5 Å². The molecule has 0 radical (unpaired) electrons. The molecule has 1 unspecified atom stereocenters. The molecule has 2 N–H and O–H groups in total. The number of rotatable bonds is 6. The van der Waals surface area contributed by atoms with Crippen molar-refractivity contribution in [1.82, 2.24) is 15.2 Å². The van der Waals surface area contributed by atoms with Crippen molar-refractivity contribution in [3.8, 4) is 0 Å². The van der Waals surface area contributed by atoms with E-state index in [1.807, 2.05) is 19.2 Å². The van der Waals surface area contributed by atoms with Crippen LogP contribution in [0.3, 0.4) is 0 Å². The van der Waals surface area contributed by atoms with Crippen molar-refractivity contribution in [3.63, 3.8) is 0 Å². The summed E-state index contributed by atoms with van der Waals surface area (Å²) in [6, 6.07) is -0.362. The number of nitrogens with zero attached hydrogens (tertiary/aromatic N) is 2. The van der Waals surface area contributed by atoms with Gasteiger partial charge in [-0.05, 0) is 20.3 Å². The third-order valence-corrected chi connectivity index (χ3v) is 3.72. The molecule has 0 aliphatic rings. The van der Waals surface area contributed by atoms with Gasteiger partial charge in [0.1, 0.15) is 5.01 Å². The van der Waals surface area contributed by atoms with Crippen LogP contribution in [0, 0.1) is 6.92 Å². The second-order valence-electron chi connectivity index (χ2n) is 4.42. The summed E-state index contributed by atoms with van der Waals surface area (Å²) in [7, 11) is 1.65. The maximum atomic E-state index is 11.9. The molecule has 1 rings (SSSR count). The first-order valence-electron chi connectivity index (χ1n) is 6.05. The zero-order chi connectivity index (χ0) is 14.4. The van der Waals surface area contributed by atoms with E-state index in [1.165, 1.54) is 16.2 Å². The fraction of sp³-hybridized carbons (Fsp3) is 0.583. The fourth-order valence-corrected chi connectivity index (χ4v) is 2.30. The van der Waals surface area contributed by atoms with E-state index in [0.717, 1.165) is 10.7 Å². The molecule has 0 saturated heterocycles. The first kappa shape index (κ1) is 15.4. The molecular formula is C12H19N3O3S. The van der Waals surface area contributed by atoms with E-state index in [2.05, 4.69) is 10.3 Å². The predicted octanol–water partition coefficient (Wildman–Crippen LogP) is 2.02. The number of carbonyl (C=O) groups is 2. The lowest BCUT2D eigenvalue weighted by Crippen LogP contribution is -2.39. The maximum absolute atomic E-state index is 11.9. The summed E-state index contributed by atoms with van der Waals surface area (Å²) in [5.41, 5.74) is 0.941. The Morgan fingerprint density at radius 2 is 2.26 bits per heavy atom. The van der Waals surface area contributed by atoms with Crippen LogP contribution in [0.4, 0.5) is 4.79 Å². The molecule has 0 saturated carbocycles. The van der Waals surface area contributed by atoms with Crippen molar-refractivity contribution in [1.29, 1.82) is 0 Å². The second kappa shape index (κ2) is 7.08. The minimum atomic E-state index is -0.847. The van der Waals surface area contributed by atoms with E-state index < -0.39 is 5.97 Å². The van der Waals surface area contributed by atoms with Crippen molar-refractivity contribution in [2.75, 3.05) is 13.6 Å². The molecular weight excluding hydrogens is 266 g/mol. The summed E-state index contributed by atoms with van der Waals surface area (Å²) < 4.78 is 0. The van der Waals surface area contributed by atoms with Gasteiger partial charge in [-0.2, -0.15) is 0 Å². The number of amides is 2. The molecule has 0 aromatic carbocycles. The molecule has 0 fully saturated rings. The molecule has 0 aliphatic heterocycles. The molecule has 0 aliphatic carbocycles. The standard InChI is InChI=1S/C12H19N3O3S/c1-8-7-19-11(13-8)9(2)14-12(18)15(3)6-4-5-10(16)17/h7,9H,4-6H2,1-3H3,(H,14,18)(H,16,17). The number of carbonyl (C=O) groups excluding carboxylic acids is 1. The number of aryl methyl sites for hydroxylation is 1. The number of carboxylic acids is 1. The van der Waals surface area contributed by atoms with Crippen LogP contribution in [0.15, 0.2) is 5.38 Å². The first-order valence-corrected chi connectivity index (χ1v) is 6.93. The molecule has 0 spiro atoms. The number of hydrogen-bond donors (Lipinski definition) is 2. The number of nitrogens with one attached hydrogen (secondary N) is 1. The van der Waals surface area contributed by atoms with Crippen LogP contribution >= 0.6 is 11.3 Å². The summed E-state index contributed by atoms with van der Waals surface area (Å²) in [4.78, 5) is 28.0. The number of thiazole rings is 1. The van der Waals surface area contributed by atoms with Crippen LogP contribution in [-0.2, 0) is 4.79 Å². The summed E-state index contributed by atoms with van der Waals surface area (Å²) in [6.07, 6.45) is 0.517. The van der Waals surface area contributed by atoms with Gasteiger partial charge in [-0.15, -0.1) is 11.3 Å². The summed E-state index contributed by atoms with van der Waals surface area (Å²) in [5.74, 6) is -0.847. The highest BCUT2D eigenvalue weighted by atomic mass is 32.1. The van der Waals surface area contributed by atoms with Crippen molar-refractivity contribution < 1.29 is 14.7 Å². The summed E-state index contributed by atoms with van der Waals surface area (Å²) in [6.45, 7) is 4.20. The van der Waals surface area contributed by atoms with Gasteiger partial charge in [-0.25, -0.2) is 9.78 Å². The van der Waals surface area contributed by atoms with Gasteiger partial charge in [0, 0.05) is 31.1 Å². The normalized spacial score (nSPS) is 11.9. The Morgan fingerprint density at radius 3 is 2.79 bits per heavy atom. The summed E-state index contributed by atoms with van der Waals surface area (Å²) in [5, 5.41) is 14.2. The van der Waals surface area contributed by atoms with Crippen molar-refractivity contribution in [2.24, 2.45) is 0 Å². The molecule has 19 heavy (non-hydrogen) atoms. The third-order valence-electron chi connectivity index (χ3n) is 2.58. The Morgan fingerprint density at radius 1 is 1.58 bits per heavy atom. The molecule has 1 aromatic heterocycles. The van der Waals surface area contributed by atoms with Gasteiger partial charge < -0.3 is 15.3 Å². The maximum Gasteiger partial charge on any atom is 0.317 e. The molecule has 1 atom stereocenters. The molecule has 1 aromatic rings. The lowest BCUT2D eigenvalue weighted by molar-refractivity contribution is -0.137. The Hall–Kier alpha value is -1.63. The van der Waals surface area contributed by atoms with Crippen LogP contribution in [-0.4, -0.2) is 40.6 Å². The largest absolute Gasteiger partial charge is 0.481 e. The van der Waals surface area contributed by atoms with Crippen LogP contribution in [0.2, 0.25) is 0 Å². The number of urea groups is 1. The Kier molecular flexibility index (Phi) is 5.75. The average molecular weight is 285 g/mol. The molecule has 7 heteroatoms. The second-order valence-corrected chi connectivity index (χ2v) is 5.31.